The standard InChI is InChI=1S/C6H10Br2N2O5/c1-5(7,9(11)12)4(15-3)6(2,8)10(13)14/h4H,1-3H3/t5-,6-/m1/s1. The van der Waals surface area contributed by atoms with E-state index in [-0.39, 0.29) is 0 Å². The van der Waals surface area contributed by atoms with Crippen LogP contribution >= 0.6 is 31.9 Å². The van der Waals surface area contributed by atoms with Crippen LogP contribution in [0.5, 0.6) is 0 Å². The molecule has 0 fully saturated rings. The molecule has 0 unspecified atom stereocenters. The summed E-state index contributed by atoms with van der Waals surface area (Å²) in [6.07, 6.45) is -1.27. The zero-order chi connectivity index (χ0) is 12.4. The second kappa shape index (κ2) is 4.71. The van der Waals surface area contributed by atoms with Crippen LogP contribution in [-0.2, 0) is 4.74 Å². The maximum absolute atomic E-state index is 10.7. The molecule has 0 aromatic heterocycles. The molecule has 0 aromatic rings. The Hall–Kier alpha value is -0.280. The van der Waals surface area contributed by atoms with Crippen LogP contribution in [0.25, 0.3) is 0 Å². The second-order valence-corrected chi connectivity index (χ2v) is 6.39. The molecule has 0 saturated heterocycles. The van der Waals surface area contributed by atoms with E-state index in [4.69, 9.17) is 4.74 Å². The summed E-state index contributed by atoms with van der Waals surface area (Å²) in [5, 5.41) is 21.5. The van der Waals surface area contributed by atoms with E-state index in [9.17, 15) is 20.2 Å². The molecule has 15 heavy (non-hydrogen) atoms. The molecule has 0 heterocycles. The molecule has 9 heteroatoms. The number of ether oxygens (including phenoxy) is 1. The lowest BCUT2D eigenvalue weighted by Crippen LogP contribution is -2.55. The molecule has 0 rings (SSSR count). The topological polar surface area (TPSA) is 95.5 Å². The van der Waals surface area contributed by atoms with Gasteiger partial charge >= 0.3 is 8.90 Å². The van der Waals surface area contributed by atoms with Gasteiger partial charge in [-0.3, -0.25) is 20.2 Å². The number of alkyl halides is 2. The average molecular weight is 350 g/mol. The highest BCUT2D eigenvalue weighted by atomic mass is 79.9. The van der Waals surface area contributed by atoms with Crippen molar-refractivity contribution in [2.75, 3.05) is 7.11 Å². The van der Waals surface area contributed by atoms with Gasteiger partial charge in [-0.2, -0.15) is 0 Å². The fraction of sp³-hybridized carbons (Fsp3) is 1.00. The van der Waals surface area contributed by atoms with Crippen LogP contribution in [0.15, 0.2) is 0 Å². The smallest absolute Gasteiger partial charge is 0.305 e. The minimum absolute atomic E-state index is 0.676. The van der Waals surface area contributed by atoms with E-state index in [0.29, 0.717) is 0 Å². The molecular formula is C6H10Br2N2O5. The third-order valence-corrected chi connectivity index (χ3v) is 3.32. The highest BCUT2D eigenvalue weighted by Crippen LogP contribution is 2.37. The van der Waals surface area contributed by atoms with E-state index in [0.717, 1.165) is 0 Å². The molecule has 2 atom stereocenters. The van der Waals surface area contributed by atoms with Gasteiger partial charge < -0.3 is 4.74 Å². The van der Waals surface area contributed by atoms with Crippen LogP contribution in [0, 0.1) is 20.2 Å². The Morgan fingerprint density at radius 1 is 1.13 bits per heavy atom. The molecule has 88 valence electrons. The first-order valence-electron chi connectivity index (χ1n) is 3.78. The Morgan fingerprint density at radius 2 is 1.40 bits per heavy atom. The largest absolute Gasteiger partial charge is 0.366 e. The van der Waals surface area contributed by atoms with Crippen molar-refractivity contribution in [2.45, 2.75) is 28.8 Å². The second-order valence-electron chi connectivity index (χ2n) is 3.18. The van der Waals surface area contributed by atoms with Gasteiger partial charge in [-0.05, 0) is 0 Å². The van der Waals surface area contributed by atoms with Crippen molar-refractivity contribution < 1.29 is 14.6 Å². The summed E-state index contributed by atoms with van der Waals surface area (Å²) in [6.45, 7) is 2.40. The quantitative estimate of drug-likeness (QED) is 0.326. The van der Waals surface area contributed by atoms with Gasteiger partial charge in [0.1, 0.15) is 0 Å². The molecule has 0 aliphatic carbocycles. The SMILES string of the molecule is COC([C@](C)(Br)[N+](=O)[O-])[C@](C)(Br)[N+](=O)[O-]. The normalized spacial score (nSPS) is 19.3. The van der Waals surface area contributed by atoms with Crippen LogP contribution in [0.2, 0.25) is 0 Å². The molecule has 0 spiro atoms. The van der Waals surface area contributed by atoms with Gasteiger partial charge in [0.15, 0.2) is 0 Å². The predicted molar refractivity (Wildman–Crippen MR) is 59.4 cm³/mol. The third-order valence-electron chi connectivity index (χ3n) is 1.91. The Morgan fingerprint density at radius 3 is 1.53 bits per heavy atom. The van der Waals surface area contributed by atoms with Crippen molar-refractivity contribution in [2.24, 2.45) is 0 Å². The fourth-order valence-electron chi connectivity index (χ4n) is 1.10. The summed E-state index contributed by atoms with van der Waals surface area (Å²) in [5.74, 6) is 0. The summed E-state index contributed by atoms with van der Waals surface area (Å²) >= 11 is 5.64. The van der Waals surface area contributed by atoms with E-state index in [1.54, 1.807) is 0 Å². The van der Waals surface area contributed by atoms with Gasteiger partial charge in [-0.1, -0.05) is 0 Å². The van der Waals surface area contributed by atoms with Crippen molar-refractivity contribution in [3.05, 3.63) is 20.2 Å². The summed E-state index contributed by atoms with van der Waals surface area (Å²) < 4.78 is 1.34. The maximum atomic E-state index is 10.7. The van der Waals surface area contributed by atoms with Gasteiger partial charge in [0.05, 0.1) is 0 Å². The molecule has 0 N–H and O–H groups in total. The van der Waals surface area contributed by atoms with Gasteiger partial charge in [-0.25, -0.2) is 0 Å². The number of nitrogens with zero attached hydrogens (tertiary/aromatic N) is 2. The first-order chi connectivity index (χ1) is 6.58. The Labute approximate surface area is 103 Å². The number of hydrogen-bond donors (Lipinski definition) is 0. The van der Waals surface area contributed by atoms with Crippen LogP contribution in [0.4, 0.5) is 0 Å². The molecular weight excluding hydrogens is 340 g/mol. The average Bonchev–Trinajstić information content (AvgIpc) is 2.03. The lowest BCUT2D eigenvalue weighted by molar-refractivity contribution is -0.589. The van der Waals surface area contributed by atoms with Crippen molar-refractivity contribution in [1.82, 2.24) is 0 Å². The van der Waals surface area contributed by atoms with Gasteiger partial charge in [0, 0.05) is 62.7 Å². The minimum atomic E-state index is -1.74. The maximum Gasteiger partial charge on any atom is 0.305 e. The number of hydrogen-bond acceptors (Lipinski definition) is 5. The van der Waals surface area contributed by atoms with Gasteiger partial charge in [-0.15, -0.1) is 0 Å². The Balaban J connectivity index is 5.25. The highest BCUT2D eigenvalue weighted by Gasteiger charge is 2.59. The van der Waals surface area contributed by atoms with Crippen LogP contribution in [0.3, 0.4) is 0 Å². The molecule has 0 radical (unpaired) electrons. The van der Waals surface area contributed by atoms with E-state index in [2.05, 4.69) is 31.9 Å². The highest BCUT2D eigenvalue weighted by molar-refractivity contribution is 9.10. The summed E-state index contributed by atoms with van der Waals surface area (Å²) in [4.78, 5) is 20.1. The minimum Gasteiger partial charge on any atom is -0.366 e. The summed E-state index contributed by atoms with van der Waals surface area (Å²) in [5.41, 5.74) is 0. The van der Waals surface area contributed by atoms with Crippen LogP contribution in [-0.4, -0.2) is 32.0 Å². The zero-order valence-electron chi connectivity index (χ0n) is 8.27. The molecule has 0 aliphatic rings. The molecule has 0 amide bonds. The monoisotopic (exact) mass is 348 g/mol. The molecule has 0 aliphatic heterocycles. The Bertz CT molecular complexity index is 255. The predicted octanol–water partition coefficient (Wildman–Crippen LogP) is 1.78. The first-order valence-corrected chi connectivity index (χ1v) is 5.36. The number of nitro groups is 2. The lowest BCUT2D eigenvalue weighted by Gasteiger charge is -2.29. The number of rotatable bonds is 5. The zero-order valence-corrected chi connectivity index (χ0v) is 11.4. The van der Waals surface area contributed by atoms with Crippen LogP contribution < -0.4 is 0 Å². The molecule has 0 aromatic carbocycles. The van der Waals surface area contributed by atoms with E-state index >= 15 is 0 Å². The van der Waals surface area contributed by atoms with Crippen LogP contribution in [0.1, 0.15) is 13.8 Å². The molecule has 0 bridgehead atoms. The van der Waals surface area contributed by atoms with E-state index in [1.165, 1.54) is 21.0 Å². The molecule has 7 nitrogen and oxygen atoms in total. The summed E-state index contributed by atoms with van der Waals surface area (Å²) in [7, 11) is 1.18. The van der Waals surface area contributed by atoms with Gasteiger partial charge in [0.2, 0.25) is 6.10 Å². The van der Waals surface area contributed by atoms with E-state index < -0.39 is 24.8 Å². The van der Waals surface area contributed by atoms with E-state index in [1.807, 2.05) is 0 Å². The number of methoxy groups -OCH3 is 1. The van der Waals surface area contributed by atoms with Gasteiger partial charge in [0.25, 0.3) is 0 Å². The molecule has 0 saturated carbocycles. The van der Waals surface area contributed by atoms with Crippen molar-refractivity contribution in [3.63, 3.8) is 0 Å². The van der Waals surface area contributed by atoms with Crippen molar-refractivity contribution in [1.29, 1.82) is 0 Å². The third kappa shape index (κ3) is 2.85. The Kier molecular flexibility index (Phi) is 4.62. The van der Waals surface area contributed by atoms with Crippen molar-refractivity contribution in [3.8, 4) is 0 Å². The first kappa shape index (κ1) is 14.7. The van der Waals surface area contributed by atoms with Crippen molar-refractivity contribution >= 4 is 31.9 Å². The fourth-order valence-corrected chi connectivity index (χ4v) is 2.68. The summed E-state index contributed by atoms with van der Waals surface area (Å²) in [6, 6.07) is 0. The lowest BCUT2D eigenvalue weighted by atomic mass is 10.1. The number of halogens is 2.